The van der Waals surface area contributed by atoms with Crippen molar-refractivity contribution in [3.8, 4) is 0 Å². The first-order valence-electron chi connectivity index (χ1n) is 47.1. The van der Waals surface area contributed by atoms with E-state index in [4.69, 9.17) is 86.2 Å². The molecule has 1 aliphatic rings. The normalized spacial score (nSPS) is 13.5. The Balaban J connectivity index is 0.000000215. The van der Waals surface area contributed by atoms with Crippen LogP contribution in [0.15, 0.2) is 46.9 Å². The zero-order chi connectivity index (χ0) is 112. The molecule has 0 spiro atoms. The monoisotopic (exact) mass is 2260 g/mol. The standard InChI is InChI=1S/C18H25BrN4O.C17H25ClN4O.C17H24F2N4O.C16H19Cl2F3N4O.2C16H20Cl2F2N4O/c1-11-12(19)9-13-15(20-11)23(18(5)7-6-8-18)16(21-13)22-14(24)10-17(2,3)4;1-10-11(18)8-12-14(19-10)22(17(5,6)7)15(20-12)21-13(23)9-16(2,3)4;1-10-7-8-11-13(20-10)23(16(2,3)4)15(21-11)22-12(24)9-17(5,6)14(18)19;1-14(2,3)25-12-9(6-8(17)11(18)24-12)22-13(25)23-10(26)7-15(4,5)16(19,20)21;1-15(2,3)24-13-10(5-9(17)12(18)23-13)21-14(24)22-11(25)6-16(4,7-19)8-20;1-15(2,3)24-12-9(6-8(17)11(18)23-12)21-14(24)22-10(25)7-16(4,5)13(19)20/h9H,6-8,10H2,1-5H3,(H,21,22,24);8H,9H2,1-7H3,(H,20,21,23);7-8,14H,9H2,1-6H3,(H,21,22,24);6H,7H2,1-5H3,(H,22,23,26);5H,6-8H2,1-4H3,(H,21,22,25);6,13H,7H2,1-5H3,(H,21,22,25). The Morgan fingerprint density at radius 1 is 0.354 bits per heavy atom. The fourth-order valence-corrected chi connectivity index (χ4v) is 16.4. The van der Waals surface area contributed by atoms with E-state index < -0.39 is 101 Å². The third-order valence-corrected chi connectivity index (χ3v) is 26.2. The molecular weight excluding hydrogens is 2130 g/mol. The van der Waals surface area contributed by atoms with Crippen molar-refractivity contribution in [3.63, 3.8) is 0 Å². The van der Waals surface area contributed by atoms with Crippen molar-refractivity contribution >= 4 is 235 Å². The quantitative estimate of drug-likeness (QED) is 0.0287. The van der Waals surface area contributed by atoms with Crippen LogP contribution in [-0.2, 0) is 62.0 Å². The second-order valence-corrected chi connectivity index (χ2v) is 50.3. The lowest BCUT2D eigenvalue weighted by Crippen LogP contribution is -2.38. The molecule has 12 aromatic rings. The molecule has 6 amide bonds. The number of halogens is 17. The Morgan fingerprint density at radius 2 is 0.626 bits per heavy atom. The number of alkyl halides is 9. The molecular formula is C100H133BrCl7F9N24O6. The molecule has 0 saturated heterocycles. The van der Waals surface area contributed by atoms with Gasteiger partial charge in [0.05, 0.1) is 50.2 Å². The molecule has 13 rings (SSSR count). The van der Waals surface area contributed by atoms with E-state index in [2.05, 4.69) is 156 Å². The lowest BCUT2D eigenvalue weighted by Gasteiger charge is -2.40. The van der Waals surface area contributed by atoms with E-state index in [0.717, 1.165) is 65.1 Å². The highest BCUT2D eigenvalue weighted by molar-refractivity contribution is 9.10. The number of hydrogen-bond acceptors (Lipinski definition) is 18. The summed E-state index contributed by atoms with van der Waals surface area (Å²) in [7, 11) is 0. The minimum absolute atomic E-state index is 0.00207. The predicted octanol–water partition coefficient (Wildman–Crippen LogP) is 28.7. The summed E-state index contributed by atoms with van der Waals surface area (Å²) in [6.45, 7) is 56.1. The van der Waals surface area contributed by atoms with Gasteiger partial charge in [-0.15, -0.1) is 0 Å². The number of nitrogens with zero attached hydrogens (tertiary/aromatic N) is 18. The van der Waals surface area contributed by atoms with E-state index in [1.54, 1.807) is 31.9 Å². The summed E-state index contributed by atoms with van der Waals surface area (Å²) < 4.78 is 129. The number of nitrogens with one attached hydrogen (secondary N) is 6. The van der Waals surface area contributed by atoms with Gasteiger partial charge in [0.2, 0.25) is 84.0 Å². The van der Waals surface area contributed by atoms with Crippen LogP contribution in [0.3, 0.4) is 0 Å². The Kier molecular flexibility index (Phi) is 38.3. The number of aromatic nitrogens is 18. The van der Waals surface area contributed by atoms with Crippen molar-refractivity contribution in [1.82, 2.24) is 87.2 Å². The van der Waals surface area contributed by atoms with Crippen LogP contribution in [0.5, 0.6) is 0 Å². The highest BCUT2D eigenvalue weighted by atomic mass is 79.9. The molecule has 6 N–H and O–H groups in total. The number of rotatable bonds is 21. The smallest absolute Gasteiger partial charge is 0.296 e. The van der Waals surface area contributed by atoms with Crippen LogP contribution in [0.25, 0.3) is 67.0 Å². The number of hydrogen-bond donors (Lipinski definition) is 6. The zero-order valence-electron chi connectivity index (χ0n) is 88.9. The molecule has 808 valence electrons. The van der Waals surface area contributed by atoms with E-state index in [-0.39, 0.29) is 107 Å². The Bertz CT molecular complexity index is 6750. The second kappa shape index (κ2) is 45.9. The largest absolute Gasteiger partial charge is 0.394 e. The van der Waals surface area contributed by atoms with Gasteiger partial charge in [0.15, 0.2) is 33.9 Å². The minimum atomic E-state index is -4.50. The van der Waals surface area contributed by atoms with E-state index in [1.165, 1.54) is 47.1 Å². The van der Waals surface area contributed by atoms with E-state index in [1.807, 2.05) is 152 Å². The van der Waals surface area contributed by atoms with Crippen LogP contribution in [0.1, 0.15) is 276 Å². The number of carbonyl (C=O) groups excluding carboxylic acids is 6. The molecule has 1 fully saturated rings. The molecule has 12 aromatic heterocycles. The molecule has 1 saturated carbocycles. The molecule has 0 radical (unpaired) electrons. The summed E-state index contributed by atoms with van der Waals surface area (Å²) in [5.41, 5.74) is 0.762. The van der Waals surface area contributed by atoms with Crippen LogP contribution < -0.4 is 31.9 Å². The molecule has 0 aliphatic heterocycles. The number of carbonyl (C=O) groups is 6. The molecule has 0 bridgehead atoms. The number of fused-ring (bicyclic) bond motifs is 6. The average Bonchev–Trinajstić information content (AvgIpc) is 1.60. The SMILES string of the molecule is CC(C)(C)n1c(NC(=O)CC(C)(C)C(F)(F)F)nc2cc(Cl)c(Cl)nc21.CC(C)(CC(=O)Nc1nc2cc(Cl)c(Cl)nc2n1C(C)(C)C)C(F)F.CC(CF)(CF)CC(=O)Nc1nc2cc(Cl)c(Cl)nc2n1C(C)(C)C.Cc1ccc2nc(NC(=O)CC(C)(C)C(F)F)n(C(C)(C)C)c2n1.Cc1nc2c(cc1Br)nc(NC(=O)CC(C)(C)C)n2C1(C)CCC1.Cc1nc2c(cc1Cl)nc(NC(=O)CC(C)(C)C)n2C(C)(C)C. The Morgan fingerprint density at radius 3 is 0.925 bits per heavy atom. The zero-order valence-corrected chi connectivity index (χ0v) is 95.8. The maximum atomic E-state index is 13.0. The van der Waals surface area contributed by atoms with E-state index >= 15 is 0 Å². The lowest BCUT2D eigenvalue weighted by molar-refractivity contribution is -0.213. The maximum Gasteiger partial charge on any atom is 0.394 e. The van der Waals surface area contributed by atoms with Gasteiger partial charge in [-0.1, -0.05) is 171 Å². The summed E-state index contributed by atoms with van der Waals surface area (Å²) in [6.07, 6.45) is -7.12. The average molecular weight is 2270 g/mol. The van der Waals surface area contributed by atoms with Gasteiger partial charge in [-0.05, 0) is 220 Å². The van der Waals surface area contributed by atoms with Crippen molar-refractivity contribution in [3.05, 3.63) is 99.6 Å². The van der Waals surface area contributed by atoms with Gasteiger partial charge in [0.25, 0.3) is 0 Å². The van der Waals surface area contributed by atoms with Gasteiger partial charge >= 0.3 is 6.18 Å². The number of amides is 6. The van der Waals surface area contributed by atoms with E-state index in [9.17, 15) is 68.3 Å². The summed E-state index contributed by atoms with van der Waals surface area (Å²) >= 11 is 45.5. The van der Waals surface area contributed by atoms with Gasteiger partial charge in [0.1, 0.15) is 48.6 Å². The Hall–Kier alpha value is -9.58. The van der Waals surface area contributed by atoms with E-state index in [0.29, 0.717) is 85.9 Å². The van der Waals surface area contributed by atoms with Crippen LogP contribution in [-0.4, -0.2) is 155 Å². The van der Waals surface area contributed by atoms with Gasteiger partial charge in [0, 0.05) is 98.2 Å². The molecule has 0 atom stereocenters. The van der Waals surface area contributed by atoms with Gasteiger partial charge < -0.3 is 0 Å². The number of anilines is 6. The van der Waals surface area contributed by atoms with Crippen LogP contribution >= 0.6 is 97.1 Å². The first-order chi connectivity index (χ1) is 66.8. The molecule has 12 heterocycles. The number of aryl methyl sites for hydroxylation is 3. The van der Waals surface area contributed by atoms with Crippen molar-refractivity contribution in [2.75, 3.05) is 45.2 Å². The molecule has 30 nitrogen and oxygen atoms in total. The first-order valence-corrected chi connectivity index (χ1v) is 50.6. The molecule has 0 unspecified atom stereocenters. The predicted molar refractivity (Wildman–Crippen MR) is 572 cm³/mol. The third kappa shape index (κ3) is 31.3. The fraction of sp³-hybridized carbons (Fsp3) is 0.580. The van der Waals surface area contributed by atoms with Gasteiger partial charge in [-0.25, -0.2) is 77.4 Å². The van der Waals surface area contributed by atoms with Crippen molar-refractivity contribution < 1.29 is 68.3 Å². The van der Waals surface area contributed by atoms with Crippen molar-refractivity contribution in [2.45, 2.75) is 332 Å². The molecule has 47 heteroatoms. The van der Waals surface area contributed by atoms with Gasteiger partial charge in [-0.2, -0.15) is 13.2 Å². The number of pyridine rings is 6. The first kappa shape index (κ1) is 123. The Labute approximate surface area is 893 Å². The summed E-state index contributed by atoms with van der Waals surface area (Å²) in [4.78, 5) is 127. The topological polar surface area (TPSA) is 359 Å². The second-order valence-electron chi connectivity index (χ2n) is 46.7. The highest BCUT2D eigenvalue weighted by Crippen LogP contribution is 2.46. The van der Waals surface area contributed by atoms with Crippen LogP contribution in [0, 0.1) is 53.3 Å². The summed E-state index contributed by atoms with van der Waals surface area (Å²) in [5, 5.41) is 17.9. The fourth-order valence-electron chi connectivity index (χ4n) is 15.2. The van der Waals surface area contributed by atoms with Crippen molar-refractivity contribution in [1.29, 1.82) is 0 Å². The minimum Gasteiger partial charge on any atom is -0.296 e. The molecule has 147 heavy (non-hydrogen) atoms. The number of imidazole rings is 6. The van der Waals surface area contributed by atoms with Crippen LogP contribution in [0.2, 0.25) is 35.5 Å². The third-order valence-electron chi connectivity index (χ3n) is 23.0. The van der Waals surface area contributed by atoms with Crippen molar-refractivity contribution in [2.24, 2.45) is 32.5 Å². The lowest BCUT2D eigenvalue weighted by atomic mass is 9.78. The van der Waals surface area contributed by atoms with Crippen LogP contribution in [0.4, 0.5) is 75.2 Å². The van der Waals surface area contributed by atoms with Gasteiger partial charge in [-0.3, -0.25) is 96.9 Å². The molecule has 0 aromatic carbocycles. The molecule has 1 aliphatic carbocycles. The maximum absolute atomic E-state index is 13.0. The summed E-state index contributed by atoms with van der Waals surface area (Å²) in [6, 6.07) is 12.0. The highest BCUT2D eigenvalue weighted by Gasteiger charge is 2.49. The summed E-state index contributed by atoms with van der Waals surface area (Å²) in [5.74, 6) is -0.461.